The van der Waals surface area contributed by atoms with Gasteiger partial charge in [0.2, 0.25) is 0 Å². The first-order valence-electron chi connectivity index (χ1n) is 10.9. The number of carbonyl (C=O) groups excluding carboxylic acids is 1. The molecule has 5 rings (SSSR count). The van der Waals surface area contributed by atoms with Crippen molar-refractivity contribution < 1.29 is 13.9 Å². The molecular formula is C23H29N3O3. The number of amides is 1. The largest absolute Gasteiger partial charge is 0.445 e. The molecule has 4 heterocycles. The average molecular weight is 396 g/mol. The molecule has 6 heteroatoms. The maximum absolute atomic E-state index is 13.0. The molecule has 3 aliphatic rings. The van der Waals surface area contributed by atoms with Gasteiger partial charge >= 0.3 is 0 Å². The molecule has 1 amide bonds. The van der Waals surface area contributed by atoms with Crippen molar-refractivity contribution in [3.8, 4) is 0 Å². The molecule has 0 saturated carbocycles. The van der Waals surface area contributed by atoms with Gasteiger partial charge in [0, 0.05) is 44.2 Å². The first-order chi connectivity index (χ1) is 14.3. The van der Waals surface area contributed by atoms with Crippen LogP contribution in [0.3, 0.4) is 0 Å². The van der Waals surface area contributed by atoms with E-state index in [0.29, 0.717) is 19.0 Å². The lowest BCUT2D eigenvalue weighted by atomic mass is 10.0. The van der Waals surface area contributed by atoms with Crippen molar-refractivity contribution in [3.05, 3.63) is 52.7 Å². The Kier molecular flexibility index (Phi) is 5.38. The molecule has 0 spiro atoms. The molecule has 1 aromatic carbocycles. The number of aromatic nitrogens is 1. The topological polar surface area (TPSA) is 58.8 Å². The molecule has 29 heavy (non-hydrogen) atoms. The fourth-order valence-corrected chi connectivity index (χ4v) is 4.65. The summed E-state index contributed by atoms with van der Waals surface area (Å²) < 4.78 is 11.5. The van der Waals surface area contributed by atoms with Crippen LogP contribution in [-0.2, 0) is 24.2 Å². The van der Waals surface area contributed by atoms with E-state index in [-0.39, 0.29) is 5.91 Å². The summed E-state index contributed by atoms with van der Waals surface area (Å²) in [6, 6.07) is 8.14. The molecule has 0 N–H and O–H groups in total. The molecule has 1 aromatic heterocycles. The summed E-state index contributed by atoms with van der Waals surface area (Å²) in [7, 11) is 0. The number of ether oxygens (including phenoxy) is 1. The van der Waals surface area contributed by atoms with Crippen LogP contribution in [0.2, 0.25) is 0 Å². The number of nitrogens with zero attached hydrogens (tertiary/aromatic N) is 3. The average Bonchev–Trinajstić information content (AvgIpc) is 3.43. The Morgan fingerprint density at radius 2 is 1.83 bits per heavy atom. The van der Waals surface area contributed by atoms with E-state index >= 15 is 0 Å². The number of fused-ring (bicyclic) bond motifs is 1. The third-order valence-electron chi connectivity index (χ3n) is 6.41. The maximum Gasteiger partial charge on any atom is 0.254 e. The van der Waals surface area contributed by atoms with E-state index < -0.39 is 0 Å². The summed E-state index contributed by atoms with van der Waals surface area (Å²) in [4.78, 5) is 22.1. The van der Waals surface area contributed by atoms with Crippen molar-refractivity contribution in [2.24, 2.45) is 0 Å². The highest BCUT2D eigenvalue weighted by atomic mass is 16.5. The Morgan fingerprint density at radius 1 is 1.07 bits per heavy atom. The number of hydrogen-bond donors (Lipinski definition) is 0. The van der Waals surface area contributed by atoms with Crippen molar-refractivity contribution in [2.45, 2.75) is 51.1 Å². The quantitative estimate of drug-likeness (QED) is 0.794. The van der Waals surface area contributed by atoms with E-state index in [0.717, 1.165) is 61.9 Å². The zero-order valence-corrected chi connectivity index (χ0v) is 16.9. The van der Waals surface area contributed by atoms with Crippen molar-refractivity contribution in [1.82, 2.24) is 14.8 Å². The second-order valence-electron chi connectivity index (χ2n) is 8.47. The van der Waals surface area contributed by atoms with Crippen LogP contribution in [0.5, 0.6) is 0 Å². The zero-order chi connectivity index (χ0) is 19.6. The molecule has 0 unspecified atom stereocenters. The zero-order valence-electron chi connectivity index (χ0n) is 16.9. The molecule has 2 fully saturated rings. The maximum atomic E-state index is 13.0. The minimum absolute atomic E-state index is 0.0824. The Balaban J connectivity index is 1.23. The fraction of sp³-hybridized carbons (Fsp3) is 0.565. The standard InChI is InChI=1S/C23H29N3O3/c27-23(19-5-3-17(4-6-19)15-25-10-1-2-11-25)26-12-7-21-20(16-26)24-22(29-21)18-8-13-28-14-9-18/h3-6,18H,1-2,7-16H2. The summed E-state index contributed by atoms with van der Waals surface area (Å²) in [5.74, 6) is 2.22. The molecule has 6 nitrogen and oxygen atoms in total. The monoisotopic (exact) mass is 395 g/mol. The SMILES string of the molecule is O=C(c1ccc(CN2CCCC2)cc1)N1CCc2oc(C3CCOCC3)nc2C1. The van der Waals surface area contributed by atoms with Crippen molar-refractivity contribution >= 4 is 5.91 Å². The van der Waals surface area contributed by atoms with Gasteiger partial charge in [-0.1, -0.05) is 12.1 Å². The second-order valence-corrected chi connectivity index (χ2v) is 8.47. The van der Waals surface area contributed by atoms with E-state index in [1.54, 1.807) is 0 Å². The summed E-state index contributed by atoms with van der Waals surface area (Å²) in [5, 5.41) is 0. The van der Waals surface area contributed by atoms with Crippen LogP contribution in [0, 0.1) is 0 Å². The Hall–Kier alpha value is -2.18. The van der Waals surface area contributed by atoms with Gasteiger partial charge < -0.3 is 14.1 Å². The molecule has 3 aliphatic heterocycles. The van der Waals surface area contributed by atoms with E-state index in [9.17, 15) is 4.79 Å². The van der Waals surface area contributed by atoms with Crippen LogP contribution in [0.1, 0.15) is 64.9 Å². The van der Waals surface area contributed by atoms with Gasteiger partial charge in [0.25, 0.3) is 5.91 Å². The molecular weight excluding hydrogens is 366 g/mol. The van der Waals surface area contributed by atoms with E-state index in [1.807, 2.05) is 17.0 Å². The molecule has 0 aliphatic carbocycles. The Labute approximate surface area is 171 Å². The third-order valence-corrected chi connectivity index (χ3v) is 6.41. The molecule has 2 saturated heterocycles. The minimum Gasteiger partial charge on any atom is -0.445 e. The third kappa shape index (κ3) is 4.09. The number of oxazole rings is 1. The van der Waals surface area contributed by atoms with Gasteiger partial charge in [-0.15, -0.1) is 0 Å². The lowest BCUT2D eigenvalue weighted by molar-refractivity contribution is 0.0726. The van der Waals surface area contributed by atoms with Crippen LogP contribution >= 0.6 is 0 Å². The van der Waals surface area contributed by atoms with Crippen LogP contribution in [-0.4, -0.2) is 53.5 Å². The van der Waals surface area contributed by atoms with Gasteiger partial charge in [-0.25, -0.2) is 4.98 Å². The van der Waals surface area contributed by atoms with Crippen molar-refractivity contribution in [3.63, 3.8) is 0 Å². The highest BCUT2D eigenvalue weighted by molar-refractivity contribution is 5.94. The van der Waals surface area contributed by atoms with Gasteiger partial charge in [0.1, 0.15) is 11.5 Å². The Morgan fingerprint density at radius 3 is 2.59 bits per heavy atom. The number of hydrogen-bond acceptors (Lipinski definition) is 5. The number of rotatable bonds is 4. The number of carbonyl (C=O) groups is 1. The molecule has 0 bridgehead atoms. The highest BCUT2D eigenvalue weighted by Crippen LogP contribution is 2.30. The van der Waals surface area contributed by atoms with Crippen LogP contribution in [0.15, 0.2) is 28.7 Å². The second kappa shape index (κ2) is 8.28. The van der Waals surface area contributed by atoms with Gasteiger partial charge in [0.15, 0.2) is 5.89 Å². The van der Waals surface area contributed by atoms with Crippen LogP contribution < -0.4 is 0 Å². The summed E-state index contributed by atoms with van der Waals surface area (Å²) in [6.45, 7) is 6.12. The first kappa shape index (κ1) is 18.8. The predicted octanol–water partition coefficient (Wildman–Crippen LogP) is 3.36. The van der Waals surface area contributed by atoms with E-state index in [2.05, 4.69) is 17.0 Å². The van der Waals surface area contributed by atoms with Crippen molar-refractivity contribution in [1.29, 1.82) is 0 Å². The summed E-state index contributed by atoms with van der Waals surface area (Å²) in [5.41, 5.74) is 2.96. The molecule has 0 atom stereocenters. The van der Waals surface area contributed by atoms with Gasteiger partial charge in [-0.2, -0.15) is 0 Å². The lowest BCUT2D eigenvalue weighted by Gasteiger charge is -2.25. The number of likely N-dealkylation sites (tertiary alicyclic amines) is 1. The Bertz CT molecular complexity index is 849. The highest BCUT2D eigenvalue weighted by Gasteiger charge is 2.29. The summed E-state index contributed by atoms with van der Waals surface area (Å²) in [6.07, 6.45) is 5.26. The molecule has 0 radical (unpaired) electrons. The number of benzene rings is 1. The molecule has 154 valence electrons. The van der Waals surface area contributed by atoms with Gasteiger partial charge in [-0.05, 0) is 56.5 Å². The van der Waals surface area contributed by atoms with E-state index in [1.165, 1.54) is 31.5 Å². The normalized spacial score (nSPS) is 20.8. The van der Waals surface area contributed by atoms with Gasteiger partial charge in [-0.3, -0.25) is 9.69 Å². The minimum atomic E-state index is 0.0824. The van der Waals surface area contributed by atoms with Crippen molar-refractivity contribution in [2.75, 3.05) is 32.8 Å². The fourth-order valence-electron chi connectivity index (χ4n) is 4.65. The molecule has 2 aromatic rings. The van der Waals surface area contributed by atoms with Crippen LogP contribution in [0.25, 0.3) is 0 Å². The summed E-state index contributed by atoms with van der Waals surface area (Å²) >= 11 is 0. The first-order valence-corrected chi connectivity index (χ1v) is 10.9. The predicted molar refractivity (Wildman–Crippen MR) is 109 cm³/mol. The lowest BCUT2D eigenvalue weighted by Crippen LogP contribution is -2.35. The van der Waals surface area contributed by atoms with Gasteiger partial charge in [0.05, 0.1) is 6.54 Å². The van der Waals surface area contributed by atoms with E-state index in [4.69, 9.17) is 14.1 Å². The van der Waals surface area contributed by atoms with Crippen LogP contribution in [0.4, 0.5) is 0 Å². The smallest absolute Gasteiger partial charge is 0.254 e.